The standard InChI is InChI=1S/C16H20N2O2/c1-2-19-15-10-14(16(15)8-3-9-20-16)18-13-6-4-12(11-17)5-7-13/h4-7,14-15,18H,2-3,8-10H2,1H3/t14-,15+,16+/m0/s1. The van der Waals surface area contributed by atoms with Crippen molar-refractivity contribution in [2.45, 2.75) is 43.9 Å². The fourth-order valence-corrected chi connectivity index (χ4v) is 3.32. The lowest BCUT2D eigenvalue weighted by Crippen LogP contribution is -2.66. The van der Waals surface area contributed by atoms with E-state index in [2.05, 4.69) is 11.4 Å². The normalized spacial score (nSPS) is 31.8. The maximum Gasteiger partial charge on any atom is 0.114 e. The predicted octanol–water partition coefficient (Wildman–Crippen LogP) is 2.70. The Labute approximate surface area is 119 Å². The van der Waals surface area contributed by atoms with Gasteiger partial charge in [-0.25, -0.2) is 0 Å². The Balaban J connectivity index is 1.69. The largest absolute Gasteiger partial charge is 0.379 e. The molecule has 1 aliphatic carbocycles. The molecule has 1 aromatic rings. The Bertz CT molecular complexity index is 500. The third-order valence-corrected chi connectivity index (χ3v) is 4.39. The van der Waals surface area contributed by atoms with Crippen molar-refractivity contribution in [1.82, 2.24) is 0 Å². The summed E-state index contributed by atoms with van der Waals surface area (Å²) in [6.45, 7) is 3.60. The Morgan fingerprint density at radius 2 is 2.25 bits per heavy atom. The molecule has 3 rings (SSSR count). The molecule has 2 fully saturated rings. The summed E-state index contributed by atoms with van der Waals surface area (Å²) >= 11 is 0. The fourth-order valence-electron chi connectivity index (χ4n) is 3.32. The second-order valence-corrected chi connectivity index (χ2v) is 5.47. The zero-order valence-electron chi connectivity index (χ0n) is 11.8. The SMILES string of the molecule is CCO[C@@H]1C[C@H](Nc2ccc(C#N)cc2)[C@]12CCCO2. The molecule has 1 heterocycles. The van der Waals surface area contributed by atoms with Gasteiger partial charge in [-0.3, -0.25) is 0 Å². The van der Waals surface area contributed by atoms with Gasteiger partial charge in [0.05, 0.1) is 23.8 Å². The van der Waals surface area contributed by atoms with Gasteiger partial charge in [0, 0.05) is 18.9 Å². The molecule has 3 atom stereocenters. The number of ether oxygens (including phenoxy) is 2. The summed E-state index contributed by atoms with van der Waals surface area (Å²) in [7, 11) is 0. The third-order valence-electron chi connectivity index (χ3n) is 4.39. The predicted molar refractivity (Wildman–Crippen MR) is 76.5 cm³/mol. The molecule has 4 heteroatoms. The van der Waals surface area contributed by atoms with E-state index in [-0.39, 0.29) is 11.7 Å². The van der Waals surface area contributed by atoms with Gasteiger partial charge in [0.25, 0.3) is 0 Å². The Morgan fingerprint density at radius 1 is 1.45 bits per heavy atom. The van der Waals surface area contributed by atoms with Gasteiger partial charge in [-0.2, -0.15) is 5.26 Å². The minimum atomic E-state index is -0.149. The molecular formula is C16H20N2O2. The first kappa shape index (κ1) is 13.4. The first-order chi connectivity index (χ1) is 9.78. The van der Waals surface area contributed by atoms with Gasteiger partial charge in [0.1, 0.15) is 5.60 Å². The average molecular weight is 272 g/mol. The van der Waals surface area contributed by atoms with E-state index < -0.39 is 0 Å². The van der Waals surface area contributed by atoms with Gasteiger partial charge in [-0.05, 0) is 50.5 Å². The van der Waals surface area contributed by atoms with Crippen molar-refractivity contribution in [1.29, 1.82) is 5.26 Å². The average Bonchev–Trinajstić information content (AvgIpc) is 2.99. The molecule has 1 aromatic carbocycles. The molecule has 0 radical (unpaired) electrons. The minimum Gasteiger partial charge on any atom is -0.379 e. The van der Waals surface area contributed by atoms with E-state index >= 15 is 0 Å². The molecule has 1 saturated carbocycles. The summed E-state index contributed by atoms with van der Waals surface area (Å²) in [5, 5.41) is 12.4. The molecule has 1 saturated heterocycles. The van der Waals surface area contributed by atoms with Crippen LogP contribution in [0.1, 0.15) is 31.7 Å². The molecule has 0 bridgehead atoms. The van der Waals surface area contributed by atoms with Crippen LogP contribution in [-0.2, 0) is 9.47 Å². The zero-order valence-corrected chi connectivity index (χ0v) is 11.8. The number of anilines is 1. The second-order valence-electron chi connectivity index (χ2n) is 5.47. The minimum absolute atomic E-state index is 0.149. The molecular weight excluding hydrogens is 252 g/mol. The first-order valence-corrected chi connectivity index (χ1v) is 7.31. The Morgan fingerprint density at radius 3 is 2.85 bits per heavy atom. The highest BCUT2D eigenvalue weighted by atomic mass is 16.6. The molecule has 0 amide bonds. The van der Waals surface area contributed by atoms with E-state index in [1.54, 1.807) is 0 Å². The molecule has 4 nitrogen and oxygen atoms in total. The molecule has 1 spiro atoms. The van der Waals surface area contributed by atoms with Gasteiger partial charge in [0.2, 0.25) is 0 Å². The van der Waals surface area contributed by atoms with Crippen LogP contribution >= 0.6 is 0 Å². The van der Waals surface area contributed by atoms with Crippen LogP contribution in [-0.4, -0.2) is 31.0 Å². The fraction of sp³-hybridized carbons (Fsp3) is 0.562. The highest BCUT2D eigenvalue weighted by molar-refractivity contribution is 5.49. The molecule has 0 unspecified atom stereocenters. The number of benzene rings is 1. The highest BCUT2D eigenvalue weighted by Gasteiger charge is 2.58. The third kappa shape index (κ3) is 2.17. The lowest BCUT2D eigenvalue weighted by Gasteiger charge is -2.52. The summed E-state index contributed by atoms with van der Waals surface area (Å²) < 4.78 is 11.8. The van der Waals surface area contributed by atoms with Crippen molar-refractivity contribution in [3.05, 3.63) is 29.8 Å². The van der Waals surface area contributed by atoms with Crippen LogP contribution in [0, 0.1) is 11.3 Å². The maximum atomic E-state index is 8.82. The van der Waals surface area contributed by atoms with Crippen molar-refractivity contribution in [3.63, 3.8) is 0 Å². The topological polar surface area (TPSA) is 54.3 Å². The Kier molecular flexibility index (Phi) is 3.64. The van der Waals surface area contributed by atoms with Crippen molar-refractivity contribution < 1.29 is 9.47 Å². The number of nitrogens with zero attached hydrogens (tertiary/aromatic N) is 1. The smallest absolute Gasteiger partial charge is 0.114 e. The summed E-state index contributed by atoms with van der Waals surface area (Å²) in [6, 6.07) is 10.0. The van der Waals surface area contributed by atoms with E-state index in [1.807, 2.05) is 31.2 Å². The lowest BCUT2D eigenvalue weighted by molar-refractivity contribution is -0.184. The molecule has 106 valence electrons. The number of nitrogens with one attached hydrogen (secondary N) is 1. The van der Waals surface area contributed by atoms with Crippen LogP contribution in [0.3, 0.4) is 0 Å². The van der Waals surface area contributed by atoms with E-state index in [0.29, 0.717) is 11.6 Å². The maximum absolute atomic E-state index is 8.82. The molecule has 20 heavy (non-hydrogen) atoms. The summed E-state index contributed by atoms with van der Waals surface area (Å²) in [6.07, 6.45) is 3.36. The van der Waals surface area contributed by atoms with Gasteiger partial charge < -0.3 is 14.8 Å². The van der Waals surface area contributed by atoms with Gasteiger partial charge in [-0.15, -0.1) is 0 Å². The van der Waals surface area contributed by atoms with Gasteiger partial charge in [-0.1, -0.05) is 0 Å². The van der Waals surface area contributed by atoms with Gasteiger partial charge >= 0.3 is 0 Å². The molecule has 0 aromatic heterocycles. The quantitative estimate of drug-likeness (QED) is 0.915. The van der Waals surface area contributed by atoms with Crippen LogP contribution < -0.4 is 5.32 Å². The van der Waals surface area contributed by atoms with Crippen molar-refractivity contribution in [2.75, 3.05) is 18.5 Å². The summed E-state index contributed by atoms with van der Waals surface area (Å²) in [4.78, 5) is 0. The number of hydrogen-bond donors (Lipinski definition) is 1. The number of hydrogen-bond acceptors (Lipinski definition) is 4. The molecule has 1 aliphatic heterocycles. The van der Waals surface area contributed by atoms with Crippen LogP contribution in [0.2, 0.25) is 0 Å². The van der Waals surface area contributed by atoms with Crippen molar-refractivity contribution in [2.24, 2.45) is 0 Å². The number of nitriles is 1. The van der Waals surface area contributed by atoms with Crippen LogP contribution in [0.15, 0.2) is 24.3 Å². The number of rotatable bonds is 4. The van der Waals surface area contributed by atoms with Crippen molar-refractivity contribution >= 4 is 5.69 Å². The zero-order chi connectivity index (χ0) is 14.0. The molecule has 2 aliphatic rings. The van der Waals surface area contributed by atoms with Crippen molar-refractivity contribution in [3.8, 4) is 6.07 Å². The van der Waals surface area contributed by atoms with Crippen LogP contribution in [0.25, 0.3) is 0 Å². The van der Waals surface area contributed by atoms with Crippen LogP contribution in [0.5, 0.6) is 0 Å². The van der Waals surface area contributed by atoms with E-state index in [1.165, 1.54) is 0 Å². The monoisotopic (exact) mass is 272 g/mol. The summed E-state index contributed by atoms with van der Waals surface area (Å²) in [5.41, 5.74) is 1.58. The highest BCUT2D eigenvalue weighted by Crippen LogP contribution is 2.46. The molecule has 1 N–H and O–H groups in total. The van der Waals surface area contributed by atoms with Gasteiger partial charge in [0.15, 0.2) is 0 Å². The van der Waals surface area contributed by atoms with E-state index in [0.717, 1.165) is 38.2 Å². The van der Waals surface area contributed by atoms with Crippen LogP contribution in [0.4, 0.5) is 5.69 Å². The first-order valence-electron chi connectivity index (χ1n) is 7.31. The van der Waals surface area contributed by atoms with E-state index in [9.17, 15) is 0 Å². The second kappa shape index (κ2) is 5.43. The lowest BCUT2D eigenvalue weighted by atomic mass is 9.70. The van der Waals surface area contributed by atoms with E-state index in [4.69, 9.17) is 14.7 Å². The summed E-state index contributed by atoms with van der Waals surface area (Å²) in [5.74, 6) is 0. The Hall–Kier alpha value is -1.57.